The number of ether oxygens (including phenoxy) is 2. The molecule has 0 amide bonds. The molecule has 1 aromatic rings. The van der Waals surface area contributed by atoms with Gasteiger partial charge < -0.3 is 9.47 Å². The van der Waals surface area contributed by atoms with E-state index in [2.05, 4.69) is 32.0 Å². The van der Waals surface area contributed by atoms with E-state index in [9.17, 15) is 0 Å². The number of fused-ring (bicyclic) bond motifs is 1. The first-order valence-corrected chi connectivity index (χ1v) is 5.11. The fraction of sp³-hybridized carbons (Fsp3) is 0.500. The molecule has 1 aromatic carbocycles. The first kappa shape index (κ1) is 9.53. The molecule has 1 aliphatic rings. The highest BCUT2D eigenvalue weighted by atomic mass is 16.5. The summed E-state index contributed by atoms with van der Waals surface area (Å²) in [7, 11) is 0. The lowest BCUT2D eigenvalue weighted by molar-refractivity contribution is 0.106. The van der Waals surface area contributed by atoms with Gasteiger partial charge in [-0.05, 0) is 11.5 Å². The van der Waals surface area contributed by atoms with Crippen molar-refractivity contribution < 1.29 is 9.47 Å². The number of hydrogen-bond donors (Lipinski definition) is 0. The molecule has 0 saturated heterocycles. The Bertz CT molecular complexity index is 318. The van der Waals surface area contributed by atoms with Gasteiger partial charge in [-0.15, -0.1) is 0 Å². The highest BCUT2D eigenvalue weighted by Crippen LogP contribution is 2.31. The summed E-state index contributed by atoms with van der Waals surface area (Å²) in [5.74, 6) is 1.54. The molecule has 1 aliphatic heterocycles. The summed E-state index contributed by atoms with van der Waals surface area (Å²) in [6.45, 7) is 6.40. The average molecular weight is 192 g/mol. The van der Waals surface area contributed by atoms with Crippen LogP contribution in [0.4, 0.5) is 0 Å². The van der Waals surface area contributed by atoms with Crippen molar-refractivity contribution in [3.63, 3.8) is 0 Å². The second-order valence-electron chi connectivity index (χ2n) is 3.89. The summed E-state index contributed by atoms with van der Waals surface area (Å²) < 4.78 is 11.1. The summed E-state index contributed by atoms with van der Waals surface area (Å²) in [4.78, 5) is 0. The zero-order valence-corrected chi connectivity index (χ0v) is 8.75. The minimum Gasteiger partial charge on any atom is -0.491 e. The number of hydrogen-bond acceptors (Lipinski definition) is 2. The first-order valence-electron chi connectivity index (χ1n) is 5.11. The van der Waals surface area contributed by atoms with Crippen LogP contribution in [0.25, 0.3) is 0 Å². The molecule has 0 bridgehead atoms. The average Bonchev–Trinajstić information content (AvgIpc) is 2.41. The van der Waals surface area contributed by atoms with Crippen molar-refractivity contribution in [2.24, 2.45) is 0 Å². The van der Waals surface area contributed by atoms with E-state index in [4.69, 9.17) is 9.47 Å². The highest BCUT2D eigenvalue weighted by molar-refractivity contribution is 5.43. The molecule has 0 N–H and O–H groups in total. The van der Waals surface area contributed by atoms with Gasteiger partial charge in [0.2, 0.25) is 0 Å². The van der Waals surface area contributed by atoms with Crippen molar-refractivity contribution in [1.29, 1.82) is 0 Å². The molecule has 1 heterocycles. The van der Waals surface area contributed by atoms with Crippen LogP contribution in [0.1, 0.15) is 30.9 Å². The van der Waals surface area contributed by atoms with Crippen molar-refractivity contribution in [2.75, 3.05) is 13.2 Å². The van der Waals surface area contributed by atoms with E-state index in [1.807, 2.05) is 0 Å². The monoisotopic (exact) mass is 192 g/mol. The Hall–Kier alpha value is -1.02. The van der Waals surface area contributed by atoms with Gasteiger partial charge in [-0.3, -0.25) is 0 Å². The second kappa shape index (κ2) is 4.01. The molecular formula is C12H16O2. The summed E-state index contributed by atoms with van der Waals surface area (Å²) in [5.41, 5.74) is 2.46. The van der Waals surface area contributed by atoms with E-state index in [1.165, 1.54) is 11.1 Å². The quantitative estimate of drug-likeness (QED) is 0.681. The largest absolute Gasteiger partial charge is 0.491 e. The lowest BCUT2D eigenvalue weighted by atomic mass is 9.99. The van der Waals surface area contributed by atoms with Crippen molar-refractivity contribution >= 4 is 0 Å². The molecule has 0 unspecified atom stereocenters. The number of rotatable bonds is 1. The Morgan fingerprint density at radius 2 is 2.07 bits per heavy atom. The number of benzene rings is 1. The lowest BCUT2D eigenvalue weighted by Crippen LogP contribution is -2.03. The van der Waals surface area contributed by atoms with Crippen molar-refractivity contribution in [3.8, 4) is 5.75 Å². The molecule has 0 saturated carbocycles. The molecule has 0 atom stereocenters. The van der Waals surface area contributed by atoms with Gasteiger partial charge in [0.25, 0.3) is 0 Å². The minimum atomic E-state index is 0.503. The van der Waals surface area contributed by atoms with Crippen LogP contribution >= 0.6 is 0 Å². The Kier molecular flexibility index (Phi) is 2.73. The molecule has 0 spiro atoms. The topological polar surface area (TPSA) is 18.5 Å². The van der Waals surface area contributed by atoms with Crippen LogP contribution in [-0.4, -0.2) is 13.2 Å². The molecular weight excluding hydrogens is 176 g/mol. The van der Waals surface area contributed by atoms with Gasteiger partial charge >= 0.3 is 0 Å². The maximum Gasteiger partial charge on any atom is 0.128 e. The first-order chi connectivity index (χ1) is 6.79. The lowest BCUT2D eigenvalue weighted by Gasteiger charge is -2.14. The van der Waals surface area contributed by atoms with Gasteiger partial charge in [-0.2, -0.15) is 0 Å². The predicted octanol–water partition coefficient (Wildman–Crippen LogP) is 2.72. The van der Waals surface area contributed by atoms with Crippen LogP contribution < -0.4 is 4.74 Å². The highest BCUT2D eigenvalue weighted by Gasteiger charge is 2.14. The molecule has 2 heteroatoms. The normalized spacial score (nSPS) is 15.9. The SMILES string of the molecule is CC(C)c1cccc2c1OCCOC2. The number of para-hydroxylation sites is 1. The molecule has 0 aromatic heterocycles. The Balaban J connectivity index is 2.42. The van der Waals surface area contributed by atoms with Crippen LogP contribution in [0.15, 0.2) is 18.2 Å². The molecule has 76 valence electrons. The fourth-order valence-corrected chi connectivity index (χ4v) is 1.73. The maximum atomic E-state index is 5.72. The summed E-state index contributed by atoms with van der Waals surface area (Å²) in [5, 5.41) is 0. The van der Waals surface area contributed by atoms with Crippen LogP contribution in [-0.2, 0) is 11.3 Å². The third kappa shape index (κ3) is 1.75. The van der Waals surface area contributed by atoms with Crippen LogP contribution in [0.3, 0.4) is 0 Å². The van der Waals surface area contributed by atoms with E-state index >= 15 is 0 Å². The van der Waals surface area contributed by atoms with Gasteiger partial charge in [0, 0.05) is 5.56 Å². The van der Waals surface area contributed by atoms with Gasteiger partial charge in [-0.25, -0.2) is 0 Å². The Labute approximate surface area is 84.8 Å². The van der Waals surface area contributed by atoms with Gasteiger partial charge in [0.1, 0.15) is 12.4 Å². The second-order valence-corrected chi connectivity index (χ2v) is 3.89. The van der Waals surface area contributed by atoms with Crippen LogP contribution in [0, 0.1) is 0 Å². The van der Waals surface area contributed by atoms with E-state index < -0.39 is 0 Å². The third-order valence-electron chi connectivity index (χ3n) is 2.48. The Morgan fingerprint density at radius 3 is 2.86 bits per heavy atom. The zero-order valence-electron chi connectivity index (χ0n) is 8.75. The van der Waals surface area contributed by atoms with Crippen molar-refractivity contribution in [3.05, 3.63) is 29.3 Å². The summed E-state index contributed by atoms with van der Waals surface area (Å²) in [6.07, 6.45) is 0. The summed E-state index contributed by atoms with van der Waals surface area (Å²) in [6, 6.07) is 6.29. The molecule has 0 aliphatic carbocycles. The standard InChI is InChI=1S/C12H16O2/c1-9(2)11-5-3-4-10-8-13-6-7-14-12(10)11/h3-5,9H,6-8H2,1-2H3. The van der Waals surface area contributed by atoms with Crippen molar-refractivity contribution in [2.45, 2.75) is 26.4 Å². The zero-order chi connectivity index (χ0) is 9.97. The molecule has 2 rings (SSSR count). The van der Waals surface area contributed by atoms with Gasteiger partial charge in [0.05, 0.1) is 13.2 Å². The smallest absolute Gasteiger partial charge is 0.128 e. The molecule has 0 radical (unpaired) electrons. The molecule has 0 fully saturated rings. The maximum absolute atomic E-state index is 5.72. The predicted molar refractivity (Wildman–Crippen MR) is 55.7 cm³/mol. The van der Waals surface area contributed by atoms with Crippen LogP contribution in [0.2, 0.25) is 0 Å². The molecule has 14 heavy (non-hydrogen) atoms. The van der Waals surface area contributed by atoms with Gasteiger partial charge in [0.15, 0.2) is 0 Å². The van der Waals surface area contributed by atoms with E-state index in [1.54, 1.807) is 0 Å². The van der Waals surface area contributed by atoms with Crippen molar-refractivity contribution in [1.82, 2.24) is 0 Å². The van der Waals surface area contributed by atoms with E-state index in [0.717, 1.165) is 5.75 Å². The molecule has 2 nitrogen and oxygen atoms in total. The van der Waals surface area contributed by atoms with E-state index in [-0.39, 0.29) is 0 Å². The van der Waals surface area contributed by atoms with Gasteiger partial charge in [-0.1, -0.05) is 32.0 Å². The van der Waals surface area contributed by atoms with Crippen LogP contribution in [0.5, 0.6) is 5.75 Å². The minimum absolute atomic E-state index is 0.503. The van der Waals surface area contributed by atoms with E-state index in [0.29, 0.717) is 25.7 Å². The fourth-order valence-electron chi connectivity index (χ4n) is 1.73. The third-order valence-corrected chi connectivity index (χ3v) is 2.48. The Morgan fingerprint density at radius 1 is 1.21 bits per heavy atom. The summed E-state index contributed by atoms with van der Waals surface area (Å²) >= 11 is 0.